The predicted molar refractivity (Wildman–Crippen MR) is 90.2 cm³/mol. The van der Waals surface area contributed by atoms with E-state index in [-0.39, 0.29) is 29.9 Å². The fourth-order valence-electron chi connectivity index (χ4n) is 2.96. The van der Waals surface area contributed by atoms with Crippen LogP contribution in [0.5, 0.6) is 0 Å². The van der Waals surface area contributed by atoms with Crippen molar-refractivity contribution in [3.63, 3.8) is 0 Å². The first-order chi connectivity index (χ1) is 9.68. The van der Waals surface area contributed by atoms with E-state index in [1.165, 1.54) is 5.75 Å². The molecule has 1 amide bonds. The fraction of sp³-hybridized carbons (Fsp3) is 0.929. The topological polar surface area (TPSA) is 67.6 Å². The van der Waals surface area contributed by atoms with Crippen LogP contribution in [-0.4, -0.2) is 66.7 Å². The number of nitrogens with two attached hydrogens (primary N) is 1. The second-order valence-electron chi connectivity index (χ2n) is 5.74. The van der Waals surface area contributed by atoms with Crippen molar-refractivity contribution in [2.45, 2.75) is 37.8 Å². The zero-order valence-corrected chi connectivity index (χ0v) is 14.4. The van der Waals surface area contributed by atoms with Crippen LogP contribution in [0.4, 0.5) is 0 Å². The number of halogens is 1. The molecule has 3 N–H and O–H groups in total. The first-order valence-corrected chi connectivity index (χ1v) is 8.77. The highest BCUT2D eigenvalue weighted by molar-refractivity contribution is 7.99. The summed E-state index contributed by atoms with van der Waals surface area (Å²) in [6.45, 7) is 6.31. The van der Waals surface area contributed by atoms with Gasteiger partial charge in [-0.25, -0.2) is 0 Å². The lowest BCUT2D eigenvalue weighted by atomic mass is 9.95. The van der Waals surface area contributed by atoms with Gasteiger partial charge in [-0.05, 0) is 18.6 Å². The van der Waals surface area contributed by atoms with E-state index in [0.29, 0.717) is 0 Å². The number of amides is 1. The minimum absolute atomic E-state index is 0. The Kier molecular flexibility index (Phi) is 8.34. The molecule has 0 radical (unpaired) electrons. The zero-order chi connectivity index (χ0) is 14.4. The van der Waals surface area contributed by atoms with Crippen LogP contribution in [0.1, 0.15) is 26.2 Å². The van der Waals surface area contributed by atoms with Crippen LogP contribution in [0.25, 0.3) is 0 Å². The lowest BCUT2D eigenvalue weighted by Crippen LogP contribution is -2.60. The highest BCUT2D eigenvalue weighted by atomic mass is 35.5. The molecule has 0 spiro atoms. The van der Waals surface area contributed by atoms with Crippen molar-refractivity contribution in [1.82, 2.24) is 10.2 Å². The maximum atomic E-state index is 12.0. The van der Waals surface area contributed by atoms with E-state index in [9.17, 15) is 4.79 Å². The number of nitrogens with one attached hydrogen (secondary N) is 1. The van der Waals surface area contributed by atoms with Gasteiger partial charge in [-0.2, -0.15) is 11.8 Å². The molecule has 2 heterocycles. The summed E-state index contributed by atoms with van der Waals surface area (Å²) in [5, 5.41) is 3.09. The Hall–Kier alpha value is -0.0100. The third-order valence-corrected chi connectivity index (χ3v) is 5.53. The highest BCUT2D eigenvalue weighted by Crippen LogP contribution is 2.33. The average Bonchev–Trinajstić information content (AvgIpc) is 2.96. The molecular formula is C14H28ClN3O2S. The summed E-state index contributed by atoms with van der Waals surface area (Å²) >= 11 is 1.98. The molecule has 2 rings (SSSR count). The summed E-state index contributed by atoms with van der Waals surface area (Å²) in [5.74, 6) is 2.27. The molecule has 2 fully saturated rings. The van der Waals surface area contributed by atoms with E-state index in [1.807, 2.05) is 11.8 Å². The van der Waals surface area contributed by atoms with Crippen LogP contribution >= 0.6 is 24.2 Å². The van der Waals surface area contributed by atoms with Crippen molar-refractivity contribution in [3.8, 4) is 0 Å². The molecule has 124 valence electrons. The molecule has 2 atom stereocenters. The number of rotatable bonds is 6. The summed E-state index contributed by atoms with van der Waals surface area (Å²) in [4.78, 5) is 14.5. The Morgan fingerprint density at radius 3 is 2.76 bits per heavy atom. The van der Waals surface area contributed by atoms with Crippen LogP contribution in [0.15, 0.2) is 0 Å². The van der Waals surface area contributed by atoms with Gasteiger partial charge in [0.2, 0.25) is 5.91 Å². The molecule has 0 saturated carbocycles. The van der Waals surface area contributed by atoms with Crippen molar-refractivity contribution >= 4 is 30.1 Å². The van der Waals surface area contributed by atoms with Crippen LogP contribution < -0.4 is 11.1 Å². The smallest absolute Gasteiger partial charge is 0.236 e. The van der Waals surface area contributed by atoms with Crippen LogP contribution in [0.3, 0.4) is 0 Å². The molecule has 0 bridgehead atoms. The molecule has 0 aromatic carbocycles. The summed E-state index contributed by atoms with van der Waals surface area (Å²) in [7, 11) is 0. The highest BCUT2D eigenvalue weighted by Gasteiger charge is 2.41. The van der Waals surface area contributed by atoms with Crippen LogP contribution in [0.2, 0.25) is 0 Å². The van der Waals surface area contributed by atoms with Gasteiger partial charge >= 0.3 is 0 Å². The number of ether oxygens (including phenoxy) is 1. The standard InChI is InChI=1S/C14H27N3O2S.ClH/c1-2-3-12(15)13(18)16-10-14(4-9-20-11-14)17-5-7-19-8-6-17;/h12H,2-11,15H2,1H3,(H,16,18);1H. The Morgan fingerprint density at radius 1 is 1.48 bits per heavy atom. The molecule has 21 heavy (non-hydrogen) atoms. The van der Waals surface area contributed by atoms with E-state index < -0.39 is 0 Å². The van der Waals surface area contributed by atoms with Gasteiger partial charge in [0.25, 0.3) is 0 Å². The molecule has 7 heteroatoms. The van der Waals surface area contributed by atoms with Gasteiger partial charge in [-0.1, -0.05) is 13.3 Å². The monoisotopic (exact) mass is 337 g/mol. The van der Waals surface area contributed by atoms with Gasteiger partial charge in [0.05, 0.1) is 19.3 Å². The zero-order valence-electron chi connectivity index (χ0n) is 12.8. The normalized spacial score (nSPS) is 27.9. The SMILES string of the molecule is CCCC(N)C(=O)NCC1(N2CCOCC2)CCSC1.Cl. The average molecular weight is 338 g/mol. The molecular weight excluding hydrogens is 310 g/mol. The summed E-state index contributed by atoms with van der Waals surface area (Å²) in [5.41, 5.74) is 5.99. The van der Waals surface area contributed by atoms with E-state index in [4.69, 9.17) is 10.5 Å². The van der Waals surface area contributed by atoms with Gasteiger partial charge < -0.3 is 15.8 Å². The molecule has 2 aliphatic rings. The van der Waals surface area contributed by atoms with E-state index in [0.717, 1.165) is 57.9 Å². The molecule has 0 aliphatic carbocycles. The van der Waals surface area contributed by atoms with E-state index in [2.05, 4.69) is 17.1 Å². The van der Waals surface area contributed by atoms with Crippen molar-refractivity contribution in [2.75, 3.05) is 44.4 Å². The van der Waals surface area contributed by atoms with Crippen LogP contribution in [-0.2, 0) is 9.53 Å². The molecule has 5 nitrogen and oxygen atoms in total. The Morgan fingerprint density at radius 2 is 2.19 bits per heavy atom. The molecule has 2 aliphatic heterocycles. The lowest BCUT2D eigenvalue weighted by molar-refractivity contribution is -0.123. The van der Waals surface area contributed by atoms with Crippen molar-refractivity contribution in [1.29, 1.82) is 0 Å². The third kappa shape index (κ3) is 4.99. The maximum absolute atomic E-state index is 12.0. The Labute approximate surface area is 138 Å². The van der Waals surface area contributed by atoms with Gasteiger partial charge in [-0.3, -0.25) is 9.69 Å². The maximum Gasteiger partial charge on any atom is 0.236 e. The Balaban J connectivity index is 0.00000220. The minimum Gasteiger partial charge on any atom is -0.379 e. The van der Waals surface area contributed by atoms with Gasteiger partial charge in [0, 0.05) is 30.9 Å². The molecule has 0 aromatic rings. The molecule has 2 saturated heterocycles. The molecule has 0 aromatic heterocycles. The van der Waals surface area contributed by atoms with Crippen molar-refractivity contribution in [2.24, 2.45) is 5.73 Å². The largest absolute Gasteiger partial charge is 0.379 e. The van der Waals surface area contributed by atoms with Gasteiger partial charge in [-0.15, -0.1) is 12.4 Å². The first kappa shape index (κ1) is 19.0. The first-order valence-electron chi connectivity index (χ1n) is 7.62. The third-order valence-electron chi connectivity index (χ3n) is 4.29. The quantitative estimate of drug-likeness (QED) is 0.752. The summed E-state index contributed by atoms with van der Waals surface area (Å²) in [6, 6.07) is -0.365. The number of morpholine rings is 1. The number of nitrogens with zero attached hydrogens (tertiary/aromatic N) is 1. The Bertz CT molecular complexity index is 321. The predicted octanol–water partition coefficient (Wildman–Crippen LogP) is 0.860. The molecule has 2 unspecified atom stereocenters. The fourth-order valence-corrected chi connectivity index (χ4v) is 4.44. The van der Waals surface area contributed by atoms with E-state index in [1.54, 1.807) is 0 Å². The summed E-state index contributed by atoms with van der Waals surface area (Å²) < 4.78 is 5.44. The van der Waals surface area contributed by atoms with Gasteiger partial charge in [0.15, 0.2) is 0 Å². The number of hydrogen-bond donors (Lipinski definition) is 2. The number of carbonyl (C=O) groups is 1. The number of carbonyl (C=O) groups excluding carboxylic acids is 1. The summed E-state index contributed by atoms with van der Waals surface area (Å²) in [6.07, 6.45) is 2.84. The van der Waals surface area contributed by atoms with Gasteiger partial charge in [0.1, 0.15) is 0 Å². The second-order valence-corrected chi connectivity index (χ2v) is 6.84. The van der Waals surface area contributed by atoms with Crippen molar-refractivity contribution < 1.29 is 9.53 Å². The minimum atomic E-state index is -0.365. The van der Waals surface area contributed by atoms with Crippen molar-refractivity contribution in [3.05, 3.63) is 0 Å². The number of hydrogen-bond acceptors (Lipinski definition) is 5. The number of thioether (sulfide) groups is 1. The lowest BCUT2D eigenvalue weighted by Gasteiger charge is -2.43. The van der Waals surface area contributed by atoms with E-state index >= 15 is 0 Å². The van der Waals surface area contributed by atoms with Crippen LogP contribution in [0, 0.1) is 0 Å². The second kappa shape index (κ2) is 9.20.